The van der Waals surface area contributed by atoms with Gasteiger partial charge in [-0.3, -0.25) is 4.79 Å². The topological polar surface area (TPSA) is 52.6 Å². The second kappa shape index (κ2) is 8.45. The van der Waals surface area contributed by atoms with Crippen LogP contribution >= 0.6 is 11.3 Å². The number of amides is 1. The molecule has 1 aromatic heterocycles. The average Bonchev–Trinajstić information content (AvgIpc) is 3.27. The van der Waals surface area contributed by atoms with Crippen molar-refractivity contribution in [2.24, 2.45) is 11.8 Å². The largest absolute Gasteiger partial charge is 0.387 e. The maximum absolute atomic E-state index is 12.8. The van der Waals surface area contributed by atoms with Gasteiger partial charge in [0.05, 0.1) is 6.10 Å². The number of aliphatic hydroxyl groups excluding tert-OH is 1. The number of hydrogen-bond acceptors (Lipinski definition) is 4. The van der Waals surface area contributed by atoms with Crippen LogP contribution in [0.3, 0.4) is 0 Å². The molecule has 2 fully saturated rings. The van der Waals surface area contributed by atoms with Crippen molar-refractivity contribution in [1.82, 2.24) is 10.2 Å². The average molecular weight is 351 g/mol. The highest BCUT2D eigenvalue weighted by Gasteiger charge is 2.32. The first-order valence-electron chi connectivity index (χ1n) is 9.37. The van der Waals surface area contributed by atoms with Crippen LogP contribution in [0.1, 0.15) is 56.4 Å². The molecule has 3 rings (SSSR count). The molecule has 0 aromatic carbocycles. The summed E-state index contributed by atoms with van der Waals surface area (Å²) < 4.78 is 0. The first kappa shape index (κ1) is 17.9. The van der Waals surface area contributed by atoms with E-state index < -0.39 is 6.10 Å². The number of nitrogens with one attached hydrogen (secondary N) is 1. The minimum atomic E-state index is -0.441. The van der Waals surface area contributed by atoms with E-state index in [2.05, 4.69) is 12.2 Å². The first-order valence-corrected chi connectivity index (χ1v) is 10.2. The Morgan fingerprint density at radius 2 is 2.33 bits per heavy atom. The zero-order chi connectivity index (χ0) is 16.9. The molecule has 4 unspecified atom stereocenters. The summed E-state index contributed by atoms with van der Waals surface area (Å²) in [6.45, 7) is 5.25. The summed E-state index contributed by atoms with van der Waals surface area (Å²) in [4.78, 5) is 15.9. The molecule has 5 heteroatoms. The van der Waals surface area contributed by atoms with E-state index in [1.165, 1.54) is 12.8 Å². The van der Waals surface area contributed by atoms with Gasteiger partial charge in [0.2, 0.25) is 5.91 Å². The van der Waals surface area contributed by atoms with Crippen LogP contribution in [-0.2, 0) is 4.79 Å². The molecule has 2 N–H and O–H groups in total. The van der Waals surface area contributed by atoms with E-state index >= 15 is 0 Å². The van der Waals surface area contributed by atoms with Crippen molar-refractivity contribution in [1.29, 1.82) is 0 Å². The molecule has 0 radical (unpaired) electrons. The van der Waals surface area contributed by atoms with E-state index in [1.807, 2.05) is 22.4 Å². The lowest BCUT2D eigenvalue weighted by atomic mass is 9.85. The molecule has 3 heterocycles. The van der Waals surface area contributed by atoms with E-state index in [-0.39, 0.29) is 11.9 Å². The first-order chi connectivity index (χ1) is 11.6. The summed E-state index contributed by atoms with van der Waals surface area (Å²) in [6.07, 6.45) is 5.43. The Kier molecular flexibility index (Phi) is 6.31. The van der Waals surface area contributed by atoms with E-state index in [4.69, 9.17) is 0 Å². The summed E-state index contributed by atoms with van der Waals surface area (Å²) in [5, 5.41) is 15.9. The molecule has 134 valence electrons. The highest BCUT2D eigenvalue weighted by molar-refractivity contribution is 7.10. The zero-order valence-electron chi connectivity index (χ0n) is 14.6. The predicted molar refractivity (Wildman–Crippen MR) is 98.0 cm³/mol. The quantitative estimate of drug-likeness (QED) is 0.828. The number of carbonyl (C=O) groups is 1. The van der Waals surface area contributed by atoms with Crippen molar-refractivity contribution >= 4 is 17.2 Å². The minimum absolute atomic E-state index is 0.200. The lowest BCUT2D eigenvalue weighted by Gasteiger charge is -2.31. The molecule has 24 heavy (non-hydrogen) atoms. The summed E-state index contributed by atoms with van der Waals surface area (Å²) in [6, 6.07) is 4.15. The third-order valence-electron chi connectivity index (χ3n) is 5.70. The van der Waals surface area contributed by atoms with Crippen LogP contribution in [0.4, 0.5) is 0 Å². The molecule has 0 bridgehead atoms. The fourth-order valence-electron chi connectivity index (χ4n) is 4.19. The lowest BCUT2D eigenvalue weighted by molar-refractivity contribution is -0.133. The number of aliphatic hydroxyl groups is 1. The molecule has 1 aromatic rings. The van der Waals surface area contributed by atoms with Crippen LogP contribution in [-0.4, -0.2) is 41.6 Å². The van der Waals surface area contributed by atoms with Crippen molar-refractivity contribution in [2.75, 3.05) is 19.6 Å². The fourth-order valence-corrected chi connectivity index (χ4v) is 4.91. The van der Waals surface area contributed by atoms with Crippen LogP contribution in [0.15, 0.2) is 17.5 Å². The third kappa shape index (κ3) is 4.38. The highest BCUT2D eigenvalue weighted by Crippen LogP contribution is 2.31. The Hall–Kier alpha value is -0.910. The Bertz CT molecular complexity index is 513. The maximum Gasteiger partial charge on any atom is 0.223 e. The maximum atomic E-state index is 12.8. The summed E-state index contributed by atoms with van der Waals surface area (Å²) in [5.74, 6) is 1.35. The Morgan fingerprint density at radius 3 is 3.04 bits per heavy atom. The van der Waals surface area contributed by atoms with Gasteiger partial charge in [-0.05, 0) is 68.5 Å². The normalized spacial score (nSPS) is 27.2. The lowest BCUT2D eigenvalue weighted by Crippen LogP contribution is -2.39. The number of likely N-dealkylation sites (tertiary alicyclic amines) is 1. The van der Waals surface area contributed by atoms with E-state index in [0.717, 1.165) is 37.4 Å². The SMILES string of the molecule is CC(CC(=O)N1CCCC1CC(O)c1cccs1)C1CCCNC1. The number of hydrogen-bond donors (Lipinski definition) is 2. The molecule has 0 saturated carbocycles. The predicted octanol–water partition coefficient (Wildman–Crippen LogP) is 3.19. The molecule has 4 atom stereocenters. The summed E-state index contributed by atoms with van der Waals surface area (Å²) in [5.41, 5.74) is 0. The summed E-state index contributed by atoms with van der Waals surface area (Å²) in [7, 11) is 0. The number of piperidine rings is 1. The molecule has 2 aliphatic rings. The van der Waals surface area contributed by atoms with Crippen molar-refractivity contribution < 1.29 is 9.90 Å². The van der Waals surface area contributed by atoms with E-state index in [1.54, 1.807) is 11.3 Å². The van der Waals surface area contributed by atoms with Gasteiger partial charge in [-0.1, -0.05) is 13.0 Å². The van der Waals surface area contributed by atoms with Gasteiger partial charge in [0.1, 0.15) is 0 Å². The molecular weight excluding hydrogens is 320 g/mol. The molecule has 4 nitrogen and oxygen atoms in total. The van der Waals surface area contributed by atoms with Gasteiger partial charge in [-0.15, -0.1) is 11.3 Å². The summed E-state index contributed by atoms with van der Waals surface area (Å²) >= 11 is 1.59. The molecular formula is C19H30N2O2S. The smallest absolute Gasteiger partial charge is 0.223 e. The molecule has 1 amide bonds. The molecule has 2 saturated heterocycles. The number of thiophene rings is 1. The van der Waals surface area contributed by atoms with Crippen molar-refractivity contribution in [3.05, 3.63) is 22.4 Å². The Morgan fingerprint density at radius 1 is 1.46 bits per heavy atom. The zero-order valence-corrected chi connectivity index (χ0v) is 15.4. The fraction of sp³-hybridized carbons (Fsp3) is 0.737. The van der Waals surface area contributed by atoms with Gasteiger partial charge in [-0.25, -0.2) is 0 Å². The van der Waals surface area contributed by atoms with Gasteiger partial charge >= 0.3 is 0 Å². The Labute approximate surface area is 149 Å². The van der Waals surface area contributed by atoms with Crippen molar-refractivity contribution in [3.8, 4) is 0 Å². The van der Waals surface area contributed by atoms with E-state index in [9.17, 15) is 9.90 Å². The van der Waals surface area contributed by atoms with Gasteiger partial charge < -0.3 is 15.3 Å². The van der Waals surface area contributed by atoms with E-state index in [0.29, 0.717) is 24.7 Å². The highest BCUT2D eigenvalue weighted by atomic mass is 32.1. The van der Waals surface area contributed by atoms with Gasteiger partial charge in [0.15, 0.2) is 0 Å². The monoisotopic (exact) mass is 350 g/mol. The standard InChI is InChI=1S/C19H30N2O2S/c1-14(15-5-2-8-20-13-15)11-19(23)21-9-3-6-16(21)12-17(22)18-7-4-10-24-18/h4,7,10,14-17,20,22H,2-3,5-6,8-9,11-13H2,1H3. The van der Waals surface area contributed by atoms with Crippen LogP contribution in [0.25, 0.3) is 0 Å². The third-order valence-corrected chi connectivity index (χ3v) is 6.67. The number of carbonyl (C=O) groups excluding carboxylic acids is 1. The minimum Gasteiger partial charge on any atom is -0.387 e. The number of nitrogens with zero attached hydrogens (tertiary/aromatic N) is 1. The van der Waals surface area contributed by atoms with Gasteiger partial charge in [0.25, 0.3) is 0 Å². The molecule has 2 aliphatic heterocycles. The van der Waals surface area contributed by atoms with Gasteiger partial charge in [-0.2, -0.15) is 0 Å². The van der Waals surface area contributed by atoms with Crippen molar-refractivity contribution in [3.63, 3.8) is 0 Å². The number of rotatable bonds is 6. The van der Waals surface area contributed by atoms with Crippen LogP contribution in [0.5, 0.6) is 0 Å². The Balaban J connectivity index is 1.53. The van der Waals surface area contributed by atoms with Crippen LogP contribution < -0.4 is 5.32 Å². The van der Waals surface area contributed by atoms with Crippen molar-refractivity contribution in [2.45, 2.75) is 57.6 Å². The second-order valence-corrected chi connectivity index (χ2v) is 8.42. The van der Waals surface area contributed by atoms with Gasteiger partial charge in [0, 0.05) is 23.9 Å². The molecule has 0 aliphatic carbocycles. The second-order valence-electron chi connectivity index (χ2n) is 7.44. The van der Waals surface area contributed by atoms with Crippen LogP contribution in [0.2, 0.25) is 0 Å². The molecule has 0 spiro atoms. The van der Waals surface area contributed by atoms with Crippen LogP contribution in [0, 0.1) is 11.8 Å².